The fraction of sp³-hybridized carbons (Fsp3) is 0.357. The molecule has 1 heterocycles. The molecule has 0 spiro atoms. The molecule has 36 heavy (non-hydrogen) atoms. The van der Waals surface area contributed by atoms with Gasteiger partial charge in [0.2, 0.25) is 6.29 Å². The Kier molecular flexibility index (Phi) is 8.55. The second-order valence-corrected chi connectivity index (χ2v) is 15.6. The first-order valence-electron chi connectivity index (χ1n) is 12.0. The number of aliphatic hydroxyl groups is 3. The summed E-state index contributed by atoms with van der Waals surface area (Å²) in [5.74, 6) is 0.501. The number of benzene rings is 3. The van der Waals surface area contributed by atoms with Gasteiger partial charge in [-0.05, 0) is 56.2 Å². The Balaban J connectivity index is 1.64. The van der Waals surface area contributed by atoms with Crippen molar-refractivity contribution in [3.05, 3.63) is 88.5 Å². The summed E-state index contributed by atoms with van der Waals surface area (Å²) in [6, 6.07) is 27.7. The molecule has 0 aromatic heterocycles. The third kappa shape index (κ3) is 5.55. The summed E-state index contributed by atoms with van der Waals surface area (Å²) in [6.45, 7) is 6.52. The molecule has 5 unspecified atom stereocenters. The van der Waals surface area contributed by atoms with Gasteiger partial charge in [0.15, 0.2) is 0 Å². The van der Waals surface area contributed by atoms with Gasteiger partial charge in [-0.15, -0.1) is 0 Å². The highest BCUT2D eigenvalue weighted by Gasteiger charge is 2.52. The van der Waals surface area contributed by atoms with Crippen LogP contribution in [-0.4, -0.2) is 60.9 Å². The van der Waals surface area contributed by atoms with Gasteiger partial charge < -0.3 is 29.2 Å². The van der Waals surface area contributed by atoms with Crippen LogP contribution in [0.2, 0.25) is 5.04 Å². The lowest BCUT2D eigenvalue weighted by atomic mass is 9.99. The van der Waals surface area contributed by atoms with Crippen LogP contribution in [0.1, 0.15) is 20.8 Å². The van der Waals surface area contributed by atoms with Crippen molar-refractivity contribution in [2.75, 3.05) is 6.61 Å². The van der Waals surface area contributed by atoms with Crippen LogP contribution in [0, 0.1) is 3.57 Å². The summed E-state index contributed by atoms with van der Waals surface area (Å²) in [5, 5.41) is 34.0. The smallest absolute Gasteiger partial charge is 0.261 e. The van der Waals surface area contributed by atoms with Crippen LogP contribution in [-0.2, 0) is 9.16 Å². The molecule has 192 valence electrons. The molecule has 3 aromatic rings. The minimum atomic E-state index is -2.88. The number of ether oxygens (including phenoxy) is 2. The minimum absolute atomic E-state index is 0.0183. The standard InChI is InChI=1S/C28H33IO6Si/c1-28(2,3)36(21-13-6-4-7-14-21,22-15-8-5-9-16-22)33-18-23-24(30)25(31)26(32)27(35-23)34-20-12-10-11-19(29)17-20/h4-17,23-27,30-32H,18H2,1-3H3. The Labute approximate surface area is 227 Å². The van der Waals surface area contributed by atoms with E-state index < -0.39 is 39.0 Å². The van der Waals surface area contributed by atoms with Gasteiger partial charge in [-0.25, -0.2) is 0 Å². The highest BCUT2D eigenvalue weighted by molar-refractivity contribution is 14.1. The highest BCUT2D eigenvalue weighted by Crippen LogP contribution is 2.37. The van der Waals surface area contributed by atoms with Gasteiger partial charge in [0.25, 0.3) is 8.32 Å². The molecule has 0 radical (unpaired) electrons. The molecule has 1 saturated heterocycles. The number of hydrogen-bond donors (Lipinski definition) is 3. The first-order valence-corrected chi connectivity index (χ1v) is 15.0. The zero-order valence-electron chi connectivity index (χ0n) is 20.6. The SMILES string of the molecule is CC(C)(C)[Si](OCC1OC(Oc2cccc(I)c2)C(O)C(O)C1O)(c1ccccc1)c1ccccc1. The van der Waals surface area contributed by atoms with E-state index in [2.05, 4.69) is 67.6 Å². The summed E-state index contributed by atoms with van der Waals surface area (Å²) in [5.41, 5.74) is 0. The fourth-order valence-corrected chi connectivity index (χ4v) is 9.88. The maximum Gasteiger partial charge on any atom is 0.261 e. The Morgan fingerprint density at radius 2 is 1.39 bits per heavy atom. The predicted molar refractivity (Wildman–Crippen MR) is 150 cm³/mol. The highest BCUT2D eigenvalue weighted by atomic mass is 127. The Hall–Kier alpha value is -1.79. The van der Waals surface area contributed by atoms with Crippen molar-refractivity contribution in [1.29, 1.82) is 0 Å². The van der Waals surface area contributed by atoms with E-state index in [9.17, 15) is 15.3 Å². The van der Waals surface area contributed by atoms with Crippen molar-refractivity contribution < 1.29 is 29.2 Å². The predicted octanol–water partition coefficient (Wildman–Crippen LogP) is 3.05. The molecule has 0 amide bonds. The van der Waals surface area contributed by atoms with Crippen LogP contribution >= 0.6 is 22.6 Å². The van der Waals surface area contributed by atoms with E-state index in [0.29, 0.717) is 5.75 Å². The molecular formula is C28H33IO6Si. The Morgan fingerprint density at radius 3 is 1.92 bits per heavy atom. The largest absolute Gasteiger partial charge is 0.462 e. The van der Waals surface area contributed by atoms with Crippen LogP contribution in [0.25, 0.3) is 0 Å². The molecule has 1 aliphatic rings. The van der Waals surface area contributed by atoms with E-state index in [-0.39, 0.29) is 11.6 Å². The minimum Gasteiger partial charge on any atom is -0.462 e. The van der Waals surface area contributed by atoms with Crippen molar-refractivity contribution in [1.82, 2.24) is 0 Å². The van der Waals surface area contributed by atoms with Crippen LogP contribution in [0.15, 0.2) is 84.9 Å². The van der Waals surface area contributed by atoms with E-state index >= 15 is 0 Å². The van der Waals surface area contributed by atoms with Crippen LogP contribution in [0.4, 0.5) is 0 Å². The maximum atomic E-state index is 10.8. The van der Waals surface area contributed by atoms with E-state index in [1.165, 1.54) is 0 Å². The molecule has 3 aromatic carbocycles. The van der Waals surface area contributed by atoms with Crippen LogP contribution < -0.4 is 15.1 Å². The second kappa shape index (κ2) is 11.3. The lowest BCUT2D eigenvalue weighted by Gasteiger charge is -2.45. The average molecular weight is 621 g/mol. The molecule has 3 N–H and O–H groups in total. The van der Waals surface area contributed by atoms with E-state index in [4.69, 9.17) is 13.9 Å². The first-order chi connectivity index (χ1) is 17.1. The van der Waals surface area contributed by atoms with E-state index in [0.717, 1.165) is 13.9 Å². The summed E-state index contributed by atoms with van der Waals surface area (Å²) >= 11 is 2.17. The summed E-state index contributed by atoms with van der Waals surface area (Å²) in [4.78, 5) is 0. The number of halogens is 1. The molecule has 0 saturated carbocycles. The topological polar surface area (TPSA) is 88.4 Å². The lowest BCUT2D eigenvalue weighted by molar-refractivity contribution is -0.276. The Morgan fingerprint density at radius 1 is 0.806 bits per heavy atom. The normalized spacial score (nSPS) is 24.9. The monoisotopic (exact) mass is 620 g/mol. The van der Waals surface area contributed by atoms with Gasteiger partial charge >= 0.3 is 0 Å². The molecule has 4 rings (SSSR count). The molecule has 1 fully saturated rings. The van der Waals surface area contributed by atoms with Crippen molar-refractivity contribution in [3.8, 4) is 5.75 Å². The molecule has 6 nitrogen and oxygen atoms in total. The number of hydrogen-bond acceptors (Lipinski definition) is 6. The van der Waals surface area contributed by atoms with Crippen molar-refractivity contribution in [2.24, 2.45) is 0 Å². The summed E-state index contributed by atoms with van der Waals surface area (Å²) < 4.78 is 19.7. The number of rotatable bonds is 7. The Bertz CT molecular complexity index is 1080. The van der Waals surface area contributed by atoms with Gasteiger partial charge in [-0.1, -0.05) is 87.5 Å². The fourth-order valence-electron chi connectivity index (χ4n) is 4.79. The average Bonchev–Trinajstić information content (AvgIpc) is 2.86. The zero-order valence-corrected chi connectivity index (χ0v) is 23.8. The molecule has 1 aliphatic heterocycles. The third-order valence-electron chi connectivity index (χ3n) is 6.60. The van der Waals surface area contributed by atoms with Crippen LogP contribution in [0.3, 0.4) is 0 Å². The van der Waals surface area contributed by atoms with Crippen molar-refractivity contribution >= 4 is 41.3 Å². The van der Waals surface area contributed by atoms with Gasteiger partial charge in [0, 0.05) is 3.57 Å². The summed E-state index contributed by atoms with van der Waals surface area (Å²) in [7, 11) is -2.88. The molecule has 8 heteroatoms. The van der Waals surface area contributed by atoms with E-state index in [1.807, 2.05) is 54.6 Å². The van der Waals surface area contributed by atoms with Gasteiger partial charge in [-0.3, -0.25) is 0 Å². The third-order valence-corrected chi connectivity index (χ3v) is 12.3. The van der Waals surface area contributed by atoms with Gasteiger partial charge in [0.1, 0.15) is 30.2 Å². The van der Waals surface area contributed by atoms with Gasteiger partial charge in [0.05, 0.1) is 6.61 Å². The molecule has 5 atom stereocenters. The van der Waals surface area contributed by atoms with Crippen molar-refractivity contribution in [2.45, 2.75) is 56.5 Å². The quantitative estimate of drug-likeness (QED) is 0.278. The van der Waals surface area contributed by atoms with Gasteiger partial charge in [-0.2, -0.15) is 0 Å². The first kappa shape index (κ1) is 27.2. The second-order valence-electron chi connectivity index (χ2n) is 10.1. The van der Waals surface area contributed by atoms with Crippen molar-refractivity contribution in [3.63, 3.8) is 0 Å². The lowest BCUT2D eigenvalue weighted by Crippen LogP contribution is -2.68. The molecule has 0 bridgehead atoms. The van der Waals surface area contributed by atoms with E-state index in [1.54, 1.807) is 6.07 Å². The molecule has 0 aliphatic carbocycles. The molecular weight excluding hydrogens is 587 g/mol. The van der Waals surface area contributed by atoms with Crippen LogP contribution in [0.5, 0.6) is 5.75 Å². The zero-order chi connectivity index (χ0) is 25.9. The summed E-state index contributed by atoms with van der Waals surface area (Å²) in [6.07, 6.45) is -6.26. The maximum absolute atomic E-state index is 10.8. The number of aliphatic hydroxyl groups excluding tert-OH is 3.